The molecule has 0 atom stereocenters. The molecule has 1 aliphatic rings. The van der Waals surface area contributed by atoms with Gasteiger partial charge in [0.05, 0.1) is 0 Å². The van der Waals surface area contributed by atoms with Gasteiger partial charge in [0, 0.05) is 5.70 Å². The number of nitrogens with two attached hydrogens (primary N) is 1. The Morgan fingerprint density at radius 2 is 2.30 bits per heavy atom. The van der Waals surface area contributed by atoms with Gasteiger partial charge in [-0.2, -0.15) is 0 Å². The molecule has 0 heterocycles. The highest BCUT2D eigenvalue weighted by atomic mass is 19.1. The Bertz CT molecular complexity index is 191. The Kier molecular flexibility index (Phi) is 2.10. The minimum absolute atomic E-state index is 0.119. The van der Waals surface area contributed by atoms with E-state index in [1.165, 1.54) is 6.08 Å². The van der Waals surface area contributed by atoms with Gasteiger partial charge in [-0.25, -0.2) is 4.39 Å². The summed E-state index contributed by atoms with van der Waals surface area (Å²) in [6, 6.07) is 0. The van der Waals surface area contributed by atoms with Crippen LogP contribution in [0.5, 0.6) is 0 Å². The molecule has 1 nitrogen and oxygen atoms in total. The first-order chi connectivity index (χ1) is 4.74. The Labute approximate surface area is 60.4 Å². The van der Waals surface area contributed by atoms with Crippen LogP contribution in [0.15, 0.2) is 23.2 Å². The molecule has 0 radical (unpaired) electrons. The molecule has 2 heteroatoms. The molecule has 0 aromatic rings. The number of hydrogen-bond donors (Lipinski definition) is 1. The van der Waals surface area contributed by atoms with Gasteiger partial charge in [-0.1, -0.05) is 6.92 Å². The van der Waals surface area contributed by atoms with Crippen LogP contribution in [0.2, 0.25) is 0 Å². The summed E-state index contributed by atoms with van der Waals surface area (Å²) in [6.07, 6.45) is 3.85. The summed E-state index contributed by atoms with van der Waals surface area (Å²) in [5.74, 6) is -0.119. The minimum Gasteiger partial charge on any atom is -0.402 e. The molecule has 0 saturated carbocycles. The molecule has 1 rings (SSSR count). The second-order valence-electron chi connectivity index (χ2n) is 2.52. The second kappa shape index (κ2) is 2.86. The molecular weight excluding hydrogens is 129 g/mol. The van der Waals surface area contributed by atoms with Crippen LogP contribution in [0, 0.1) is 0 Å². The summed E-state index contributed by atoms with van der Waals surface area (Å²) >= 11 is 0. The molecular formula is C8H12FN. The van der Waals surface area contributed by atoms with Crippen molar-refractivity contribution >= 4 is 0 Å². The predicted octanol–water partition coefficient (Wildman–Crippen LogP) is 2.26. The monoisotopic (exact) mass is 141 g/mol. The zero-order valence-corrected chi connectivity index (χ0v) is 6.15. The van der Waals surface area contributed by atoms with Crippen molar-refractivity contribution < 1.29 is 4.39 Å². The van der Waals surface area contributed by atoms with Gasteiger partial charge in [0.15, 0.2) is 0 Å². The van der Waals surface area contributed by atoms with E-state index in [0.29, 0.717) is 5.70 Å². The molecule has 0 aliphatic heterocycles. The molecule has 56 valence electrons. The normalized spacial score (nSPS) is 19.2. The first kappa shape index (κ1) is 7.32. The number of allylic oxidation sites excluding steroid dienone is 4. The van der Waals surface area contributed by atoms with Crippen molar-refractivity contribution in [3.63, 3.8) is 0 Å². The quantitative estimate of drug-likeness (QED) is 0.595. The fraction of sp³-hybridized carbons (Fsp3) is 0.500. The Balaban J connectivity index is 2.80. The molecule has 0 amide bonds. The highest BCUT2D eigenvalue weighted by Crippen LogP contribution is 2.24. The highest BCUT2D eigenvalue weighted by molar-refractivity contribution is 5.27. The lowest BCUT2D eigenvalue weighted by molar-refractivity contribution is 0.619. The smallest absolute Gasteiger partial charge is 0.124 e. The number of rotatable bonds is 1. The van der Waals surface area contributed by atoms with E-state index in [2.05, 4.69) is 0 Å². The van der Waals surface area contributed by atoms with E-state index >= 15 is 0 Å². The highest BCUT2D eigenvalue weighted by Gasteiger charge is 2.08. The standard InChI is InChI=1S/C8H12FN/c1-2-6-3-4-7(10)5-8(6)9/h5H,2-4,10H2,1H3. The van der Waals surface area contributed by atoms with E-state index in [0.717, 1.165) is 24.8 Å². The SMILES string of the molecule is CCC1=C(F)C=C(N)CC1. The van der Waals surface area contributed by atoms with E-state index in [9.17, 15) is 4.39 Å². The largest absolute Gasteiger partial charge is 0.402 e. The van der Waals surface area contributed by atoms with Crippen molar-refractivity contribution in [2.45, 2.75) is 26.2 Å². The summed E-state index contributed by atoms with van der Waals surface area (Å²) < 4.78 is 12.8. The average Bonchev–Trinajstić information content (AvgIpc) is 1.88. The number of hydrogen-bond acceptors (Lipinski definition) is 1. The Morgan fingerprint density at radius 3 is 2.80 bits per heavy atom. The minimum atomic E-state index is -0.119. The molecule has 0 fully saturated rings. The van der Waals surface area contributed by atoms with Crippen molar-refractivity contribution in [3.8, 4) is 0 Å². The third-order valence-electron chi connectivity index (χ3n) is 1.79. The zero-order chi connectivity index (χ0) is 7.56. The lowest BCUT2D eigenvalue weighted by Gasteiger charge is -2.11. The molecule has 0 aromatic carbocycles. The lowest BCUT2D eigenvalue weighted by atomic mass is 10.0. The van der Waals surface area contributed by atoms with Crippen molar-refractivity contribution in [2.24, 2.45) is 5.73 Å². The van der Waals surface area contributed by atoms with Gasteiger partial charge in [-0.15, -0.1) is 0 Å². The van der Waals surface area contributed by atoms with Crippen LogP contribution in [0.3, 0.4) is 0 Å². The van der Waals surface area contributed by atoms with Crippen LogP contribution in [0.25, 0.3) is 0 Å². The predicted molar refractivity (Wildman–Crippen MR) is 39.9 cm³/mol. The molecule has 0 saturated heterocycles. The van der Waals surface area contributed by atoms with E-state index in [1.807, 2.05) is 6.92 Å². The second-order valence-corrected chi connectivity index (χ2v) is 2.52. The molecule has 1 aliphatic carbocycles. The third-order valence-corrected chi connectivity index (χ3v) is 1.79. The van der Waals surface area contributed by atoms with Gasteiger partial charge < -0.3 is 5.73 Å². The fourth-order valence-electron chi connectivity index (χ4n) is 1.10. The summed E-state index contributed by atoms with van der Waals surface area (Å²) in [7, 11) is 0. The van der Waals surface area contributed by atoms with Crippen molar-refractivity contribution in [3.05, 3.63) is 23.2 Å². The third kappa shape index (κ3) is 1.38. The Hall–Kier alpha value is -0.790. The van der Waals surface area contributed by atoms with Gasteiger partial charge >= 0.3 is 0 Å². The fourth-order valence-corrected chi connectivity index (χ4v) is 1.10. The van der Waals surface area contributed by atoms with Gasteiger partial charge in [-0.3, -0.25) is 0 Å². The molecule has 10 heavy (non-hydrogen) atoms. The van der Waals surface area contributed by atoms with E-state index in [-0.39, 0.29) is 5.83 Å². The first-order valence-corrected chi connectivity index (χ1v) is 3.57. The van der Waals surface area contributed by atoms with Crippen molar-refractivity contribution in [2.75, 3.05) is 0 Å². The van der Waals surface area contributed by atoms with Gasteiger partial charge in [0.1, 0.15) is 5.83 Å². The van der Waals surface area contributed by atoms with Gasteiger partial charge in [0.2, 0.25) is 0 Å². The Morgan fingerprint density at radius 1 is 1.60 bits per heavy atom. The molecule has 0 spiro atoms. The molecule has 0 aromatic heterocycles. The summed E-state index contributed by atoms with van der Waals surface area (Å²) in [5.41, 5.74) is 6.99. The van der Waals surface area contributed by atoms with Crippen LogP contribution in [-0.2, 0) is 0 Å². The zero-order valence-electron chi connectivity index (χ0n) is 6.15. The maximum atomic E-state index is 12.8. The van der Waals surface area contributed by atoms with Crippen LogP contribution in [0.1, 0.15) is 26.2 Å². The van der Waals surface area contributed by atoms with Gasteiger partial charge in [0.25, 0.3) is 0 Å². The van der Waals surface area contributed by atoms with E-state index < -0.39 is 0 Å². The van der Waals surface area contributed by atoms with E-state index in [4.69, 9.17) is 5.73 Å². The lowest BCUT2D eigenvalue weighted by Crippen LogP contribution is -2.03. The summed E-state index contributed by atoms with van der Waals surface area (Å²) in [6.45, 7) is 1.96. The molecule has 2 N–H and O–H groups in total. The summed E-state index contributed by atoms with van der Waals surface area (Å²) in [4.78, 5) is 0. The van der Waals surface area contributed by atoms with Crippen molar-refractivity contribution in [1.29, 1.82) is 0 Å². The molecule has 0 bridgehead atoms. The van der Waals surface area contributed by atoms with Crippen LogP contribution in [-0.4, -0.2) is 0 Å². The number of halogens is 1. The maximum absolute atomic E-state index is 12.8. The topological polar surface area (TPSA) is 26.0 Å². The molecule has 0 unspecified atom stereocenters. The summed E-state index contributed by atoms with van der Waals surface area (Å²) in [5, 5.41) is 0. The van der Waals surface area contributed by atoms with Crippen LogP contribution >= 0.6 is 0 Å². The van der Waals surface area contributed by atoms with Crippen molar-refractivity contribution in [1.82, 2.24) is 0 Å². The van der Waals surface area contributed by atoms with E-state index in [1.54, 1.807) is 0 Å². The average molecular weight is 141 g/mol. The first-order valence-electron chi connectivity index (χ1n) is 3.57. The van der Waals surface area contributed by atoms with Gasteiger partial charge in [-0.05, 0) is 30.9 Å². The maximum Gasteiger partial charge on any atom is 0.124 e. The van der Waals surface area contributed by atoms with Crippen LogP contribution < -0.4 is 5.73 Å². The van der Waals surface area contributed by atoms with Crippen LogP contribution in [0.4, 0.5) is 4.39 Å².